The molecule has 0 aliphatic heterocycles. The maximum absolute atomic E-state index is 13.5. The fourth-order valence-corrected chi connectivity index (χ4v) is 3.26. The Bertz CT molecular complexity index is 592. The third-order valence-electron chi connectivity index (χ3n) is 4.95. The Hall–Kier alpha value is -1.91. The van der Waals surface area contributed by atoms with Crippen molar-refractivity contribution >= 4 is 11.8 Å². The minimum atomic E-state index is -0.877. The lowest BCUT2D eigenvalue weighted by Gasteiger charge is -2.18. The summed E-state index contributed by atoms with van der Waals surface area (Å²) in [7, 11) is 0. The fraction of sp³-hybridized carbons (Fsp3) is 0.556. The van der Waals surface area contributed by atoms with E-state index in [0.717, 1.165) is 25.7 Å². The van der Waals surface area contributed by atoms with Crippen LogP contribution in [0, 0.1) is 11.2 Å². The summed E-state index contributed by atoms with van der Waals surface area (Å²) in [5, 5.41) is 5.82. The summed E-state index contributed by atoms with van der Waals surface area (Å²) in [6, 6.07) is 6.77. The molecule has 2 amide bonds. The van der Waals surface area contributed by atoms with Crippen molar-refractivity contribution in [1.82, 2.24) is 10.6 Å². The largest absolute Gasteiger partial charge is 0.355 e. The molecule has 2 aliphatic carbocycles. The average molecular weight is 318 g/mol. The quantitative estimate of drug-likeness (QED) is 0.791. The molecule has 0 saturated heterocycles. The van der Waals surface area contributed by atoms with E-state index in [-0.39, 0.29) is 23.7 Å². The molecule has 2 saturated carbocycles. The van der Waals surface area contributed by atoms with Gasteiger partial charge in [-0.15, -0.1) is 0 Å². The third kappa shape index (κ3) is 3.54. The van der Waals surface area contributed by atoms with Crippen LogP contribution < -0.4 is 10.6 Å². The second-order valence-electron chi connectivity index (χ2n) is 6.63. The number of halogens is 1. The highest BCUT2D eigenvalue weighted by Gasteiger charge is 2.56. The van der Waals surface area contributed by atoms with Gasteiger partial charge >= 0.3 is 0 Å². The van der Waals surface area contributed by atoms with E-state index in [1.165, 1.54) is 6.07 Å². The van der Waals surface area contributed by atoms with E-state index in [9.17, 15) is 14.0 Å². The van der Waals surface area contributed by atoms with Crippen molar-refractivity contribution in [3.05, 3.63) is 35.6 Å². The molecule has 0 bridgehead atoms. The first kappa shape index (κ1) is 16.0. The minimum absolute atomic E-state index is 0.132. The lowest BCUT2D eigenvalue weighted by Crippen LogP contribution is -2.46. The number of nitrogens with one attached hydrogen (secondary N) is 2. The lowest BCUT2D eigenvalue weighted by molar-refractivity contribution is -0.137. The highest BCUT2D eigenvalue weighted by Crippen LogP contribution is 2.46. The summed E-state index contributed by atoms with van der Waals surface area (Å²) in [5.41, 5.74) is -0.300. The maximum Gasteiger partial charge on any atom is 0.235 e. The van der Waals surface area contributed by atoms with Gasteiger partial charge in [0.05, 0.1) is 0 Å². The van der Waals surface area contributed by atoms with Crippen molar-refractivity contribution in [2.24, 2.45) is 5.41 Å². The normalized spacial score (nSPS) is 19.3. The molecule has 0 spiro atoms. The lowest BCUT2D eigenvalue weighted by atomic mass is 10.0. The third-order valence-corrected chi connectivity index (χ3v) is 4.95. The van der Waals surface area contributed by atoms with E-state index in [0.29, 0.717) is 31.4 Å². The summed E-state index contributed by atoms with van der Waals surface area (Å²) in [5.74, 6) is -0.612. The van der Waals surface area contributed by atoms with Gasteiger partial charge in [0.25, 0.3) is 0 Å². The van der Waals surface area contributed by atoms with Crippen molar-refractivity contribution in [1.29, 1.82) is 0 Å². The van der Waals surface area contributed by atoms with E-state index < -0.39 is 5.41 Å². The molecule has 23 heavy (non-hydrogen) atoms. The zero-order valence-corrected chi connectivity index (χ0v) is 13.2. The molecule has 1 aromatic rings. The van der Waals surface area contributed by atoms with Crippen molar-refractivity contribution in [3.63, 3.8) is 0 Å². The molecule has 0 atom stereocenters. The van der Waals surface area contributed by atoms with Crippen LogP contribution in [0.15, 0.2) is 24.3 Å². The first-order valence-electron chi connectivity index (χ1n) is 8.44. The van der Waals surface area contributed by atoms with Gasteiger partial charge in [0.15, 0.2) is 0 Å². The highest BCUT2D eigenvalue weighted by molar-refractivity contribution is 6.07. The molecule has 0 unspecified atom stereocenters. The van der Waals surface area contributed by atoms with E-state index in [4.69, 9.17) is 0 Å². The predicted molar refractivity (Wildman–Crippen MR) is 85.2 cm³/mol. The molecule has 4 nitrogen and oxygen atoms in total. The zero-order valence-electron chi connectivity index (χ0n) is 13.2. The number of rotatable bonds is 6. The zero-order chi connectivity index (χ0) is 16.3. The van der Waals surface area contributed by atoms with Crippen LogP contribution in [0.4, 0.5) is 4.39 Å². The van der Waals surface area contributed by atoms with Crippen molar-refractivity contribution in [2.45, 2.75) is 51.0 Å². The van der Waals surface area contributed by atoms with Gasteiger partial charge in [-0.2, -0.15) is 0 Å². The van der Waals surface area contributed by atoms with Crippen LogP contribution >= 0.6 is 0 Å². The van der Waals surface area contributed by atoms with Gasteiger partial charge in [0, 0.05) is 12.6 Å². The molecular formula is C18H23FN2O2. The Labute approximate surface area is 135 Å². The Morgan fingerprint density at radius 2 is 1.83 bits per heavy atom. The van der Waals surface area contributed by atoms with Gasteiger partial charge in [-0.3, -0.25) is 9.59 Å². The molecule has 2 aliphatic rings. The molecule has 124 valence electrons. The molecule has 0 heterocycles. The van der Waals surface area contributed by atoms with Gasteiger partial charge in [-0.1, -0.05) is 31.0 Å². The van der Waals surface area contributed by atoms with Crippen LogP contribution in [0.5, 0.6) is 0 Å². The number of amides is 2. The first-order valence-corrected chi connectivity index (χ1v) is 8.44. The summed E-state index contributed by atoms with van der Waals surface area (Å²) >= 11 is 0. The van der Waals surface area contributed by atoms with Gasteiger partial charge in [0.2, 0.25) is 11.8 Å². The fourth-order valence-electron chi connectivity index (χ4n) is 3.26. The van der Waals surface area contributed by atoms with E-state index in [2.05, 4.69) is 10.6 Å². The van der Waals surface area contributed by atoms with Crippen LogP contribution in [0.2, 0.25) is 0 Å². The minimum Gasteiger partial charge on any atom is -0.355 e. The summed E-state index contributed by atoms with van der Waals surface area (Å²) < 4.78 is 13.5. The molecule has 0 radical (unpaired) electrons. The van der Waals surface area contributed by atoms with Gasteiger partial charge in [0.1, 0.15) is 11.2 Å². The smallest absolute Gasteiger partial charge is 0.235 e. The molecule has 3 rings (SSSR count). The van der Waals surface area contributed by atoms with E-state index in [1.807, 2.05) is 0 Å². The molecule has 1 aromatic carbocycles. The van der Waals surface area contributed by atoms with Crippen LogP contribution in [-0.2, 0) is 16.0 Å². The van der Waals surface area contributed by atoms with Gasteiger partial charge < -0.3 is 10.6 Å². The number of hydrogen-bond acceptors (Lipinski definition) is 2. The number of carbonyl (C=O) groups excluding carboxylic acids is 2. The van der Waals surface area contributed by atoms with Crippen molar-refractivity contribution < 1.29 is 14.0 Å². The Morgan fingerprint density at radius 3 is 2.48 bits per heavy atom. The van der Waals surface area contributed by atoms with E-state index >= 15 is 0 Å². The monoisotopic (exact) mass is 318 g/mol. The first-order chi connectivity index (χ1) is 11.1. The Balaban J connectivity index is 1.49. The van der Waals surface area contributed by atoms with Crippen molar-refractivity contribution in [3.8, 4) is 0 Å². The van der Waals surface area contributed by atoms with E-state index in [1.54, 1.807) is 18.2 Å². The summed E-state index contributed by atoms with van der Waals surface area (Å²) in [6.45, 7) is 0.345. The Kier molecular flexibility index (Phi) is 4.64. The van der Waals surface area contributed by atoms with Crippen molar-refractivity contribution in [2.75, 3.05) is 6.54 Å². The van der Waals surface area contributed by atoms with Crippen LogP contribution in [-0.4, -0.2) is 24.4 Å². The van der Waals surface area contributed by atoms with Crippen LogP contribution in [0.1, 0.15) is 44.1 Å². The maximum atomic E-state index is 13.5. The van der Waals surface area contributed by atoms with Crippen LogP contribution in [0.3, 0.4) is 0 Å². The SMILES string of the molecule is O=C(NCCc1ccccc1F)C1(C(=O)NC2CCCC2)CC1. The number of benzene rings is 1. The average Bonchev–Trinajstić information content (AvgIpc) is 3.21. The second kappa shape index (κ2) is 6.69. The van der Waals surface area contributed by atoms with Gasteiger partial charge in [-0.25, -0.2) is 4.39 Å². The summed E-state index contributed by atoms with van der Waals surface area (Å²) in [6.07, 6.45) is 5.96. The van der Waals surface area contributed by atoms with Gasteiger partial charge in [-0.05, 0) is 43.7 Å². The topological polar surface area (TPSA) is 58.2 Å². The van der Waals surface area contributed by atoms with Crippen LogP contribution in [0.25, 0.3) is 0 Å². The molecule has 2 N–H and O–H groups in total. The molecule has 0 aromatic heterocycles. The second-order valence-corrected chi connectivity index (χ2v) is 6.63. The Morgan fingerprint density at radius 1 is 1.13 bits per heavy atom. The number of hydrogen-bond donors (Lipinski definition) is 2. The molecule has 5 heteroatoms. The molecule has 2 fully saturated rings. The highest BCUT2D eigenvalue weighted by atomic mass is 19.1. The molecular weight excluding hydrogens is 295 g/mol. The predicted octanol–water partition coefficient (Wildman–Crippen LogP) is 2.32. The summed E-state index contributed by atoms with van der Waals surface area (Å²) in [4.78, 5) is 24.7. The standard InChI is InChI=1S/C18H23FN2O2/c19-15-8-4-1-5-13(15)9-12-20-16(22)18(10-11-18)17(23)21-14-6-2-3-7-14/h1,4-5,8,14H,2-3,6-7,9-12H2,(H,20,22)(H,21,23). The number of carbonyl (C=O) groups is 2.